The molecule has 0 unspecified atom stereocenters. The summed E-state index contributed by atoms with van der Waals surface area (Å²) in [4.78, 5) is 0. The molecule has 0 heterocycles. The Kier molecular flexibility index (Phi) is 5.04. The third kappa shape index (κ3) is 3.74. The first-order valence-corrected chi connectivity index (χ1v) is 6.54. The maximum absolute atomic E-state index is 12.3. The molecule has 2 nitrogen and oxygen atoms in total. The first-order chi connectivity index (χ1) is 9.58. The van der Waals surface area contributed by atoms with Crippen molar-refractivity contribution in [3.63, 3.8) is 0 Å². The quantitative estimate of drug-likeness (QED) is 0.817. The SMILES string of the molecule is FC(F)Oc1ccccc1CNc1cccc(Cl)c1Cl. The average Bonchev–Trinajstić information content (AvgIpc) is 2.41. The van der Waals surface area contributed by atoms with E-state index in [0.29, 0.717) is 27.8 Å². The molecule has 2 aromatic rings. The molecule has 0 aliphatic carbocycles. The lowest BCUT2D eigenvalue weighted by Crippen LogP contribution is -2.07. The molecule has 20 heavy (non-hydrogen) atoms. The predicted octanol–water partition coefficient (Wildman–Crippen LogP) is 5.21. The minimum atomic E-state index is -2.86. The molecule has 6 heteroatoms. The van der Waals surface area contributed by atoms with Gasteiger partial charge < -0.3 is 10.1 Å². The van der Waals surface area contributed by atoms with E-state index in [-0.39, 0.29) is 5.75 Å². The van der Waals surface area contributed by atoms with E-state index >= 15 is 0 Å². The zero-order valence-corrected chi connectivity index (χ0v) is 11.8. The lowest BCUT2D eigenvalue weighted by atomic mass is 10.2. The highest BCUT2D eigenvalue weighted by Gasteiger charge is 2.10. The molecule has 0 aliphatic heterocycles. The Morgan fingerprint density at radius 2 is 1.80 bits per heavy atom. The number of alkyl halides is 2. The van der Waals surface area contributed by atoms with Crippen LogP contribution in [0.25, 0.3) is 0 Å². The first kappa shape index (κ1) is 14.9. The fraction of sp³-hybridized carbons (Fsp3) is 0.143. The number of nitrogens with one attached hydrogen (secondary N) is 1. The second kappa shape index (κ2) is 6.77. The van der Waals surface area contributed by atoms with Crippen molar-refractivity contribution >= 4 is 28.9 Å². The summed E-state index contributed by atoms with van der Waals surface area (Å²) in [6, 6.07) is 11.7. The molecule has 0 saturated heterocycles. The summed E-state index contributed by atoms with van der Waals surface area (Å²) in [6.07, 6.45) is 0. The van der Waals surface area contributed by atoms with Crippen LogP contribution in [0, 0.1) is 0 Å². The van der Waals surface area contributed by atoms with Crippen LogP contribution in [0.5, 0.6) is 5.75 Å². The van der Waals surface area contributed by atoms with Gasteiger partial charge in [-0.1, -0.05) is 47.5 Å². The van der Waals surface area contributed by atoms with E-state index in [1.165, 1.54) is 6.07 Å². The summed E-state index contributed by atoms with van der Waals surface area (Å²) in [5.74, 6) is 0.133. The van der Waals surface area contributed by atoms with E-state index in [1.54, 1.807) is 36.4 Å². The average molecular weight is 318 g/mol. The van der Waals surface area contributed by atoms with E-state index in [9.17, 15) is 8.78 Å². The van der Waals surface area contributed by atoms with Crippen LogP contribution >= 0.6 is 23.2 Å². The minimum absolute atomic E-state index is 0.133. The fourth-order valence-electron chi connectivity index (χ4n) is 1.69. The molecule has 0 fully saturated rings. The summed E-state index contributed by atoms with van der Waals surface area (Å²) >= 11 is 11.9. The van der Waals surface area contributed by atoms with Crippen LogP contribution in [-0.2, 0) is 6.54 Å². The molecule has 0 spiro atoms. The van der Waals surface area contributed by atoms with Gasteiger partial charge in [-0.3, -0.25) is 0 Å². The largest absolute Gasteiger partial charge is 0.434 e. The summed E-state index contributed by atoms with van der Waals surface area (Å²) in [5, 5.41) is 3.86. The monoisotopic (exact) mass is 317 g/mol. The Labute approximate surface area is 125 Å². The van der Waals surface area contributed by atoms with Crippen LogP contribution in [-0.4, -0.2) is 6.61 Å². The van der Waals surface area contributed by atoms with E-state index in [4.69, 9.17) is 23.2 Å². The fourth-order valence-corrected chi connectivity index (χ4v) is 2.06. The van der Waals surface area contributed by atoms with Crippen LogP contribution in [0.3, 0.4) is 0 Å². The zero-order valence-electron chi connectivity index (χ0n) is 10.2. The van der Waals surface area contributed by atoms with E-state index < -0.39 is 6.61 Å². The first-order valence-electron chi connectivity index (χ1n) is 5.78. The van der Waals surface area contributed by atoms with Crippen LogP contribution < -0.4 is 10.1 Å². The molecule has 1 N–H and O–H groups in total. The number of hydrogen-bond donors (Lipinski definition) is 1. The normalized spacial score (nSPS) is 10.7. The Morgan fingerprint density at radius 1 is 1.05 bits per heavy atom. The molecule has 2 aromatic carbocycles. The van der Waals surface area contributed by atoms with E-state index in [1.807, 2.05) is 0 Å². The molecule has 0 saturated carbocycles. The lowest BCUT2D eigenvalue weighted by molar-refractivity contribution is -0.0504. The van der Waals surface area contributed by atoms with Gasteiger partial charge in [-0.15, -0.1) is 0 Å². The van der Waals surface area contributed by atoms with Gasteiger partial charge in [0.15, 0.2) is 0 Å². The van der Waals surface area contributed by atoms with Crippen molar-refractivity contribution in [2.75, 3.05) is 5.32 Å². The summed E-state index contributed by atoms with van der Waals surface area (Å²) < 4.78 is 29.1. The van der Waals surface area contributed by atoms with Crippen LogP contribution in [0.1, 0.15) is 5.56 Å². The number of hydrogen-bond acceptors (Lipinski definition) is 2. The Hall–Kier alpha value is -1.52. The number of ether oxygens (including phenoxy) is 1. The Bertz CT molecular complexity index is 593. The minimum Gasteiger partial charge on any atom is -0.434 e. The van der Waals surface area contributed by atoms with Gasteiger partial charge in [0.05, 0.1) is 15.7 Å². The molecule has 0 amide bonds. The van der Waals surface area contributed by atoms with Gasteiger partial charge in [0, 0.05) is 12.1 Å². The number of para-hydroxylation sites is 1. The standard InChI is InChI=1S/C14H11Cl2F2NO/c15-10-5-3-6-11(13(10)16)19-8-9-4-1-2-7-12(9)20-14(17)18/h1-7,14,19H,8H2. The summed E-state index contributed by atoms with van der Waals surface area (Å²) in [7, 11) is 0. The highest BCUT2D eigenvalue weighted by atomic mass is 35.5. The van der Waals surface area contributed by atoms with Gasteiger partial charge in [0.2, 0.25) is 0 Å². The van der Waals surface area contributed by atoms with Crippen molar-refractivity contribution in [1.82, 2.24) is 0 Å². The molecule has 0 aromatic heterocycles. The molecule has 0 radical (unpaired) electrons. The van der Waals surface area contributed by atoms with Crippen molar-refractivity contribution in [3.05, 3.63) is 58.1 Å². The topological polar surface area (TPSA) is 21.3 Å². The second-order valence-corrected chi connectivity index (χ2v) is 4.73. The van der Waals surface area contributed by atoms with E-state index in [2.05, 4.69) is 10.1 Å². The molecule has 106 valence electrons. The Morgan fingerprint density at radius 3 is 2.55 bits per heavy atom. The van der Waals surface area contributed by atoms with Gasteiger partial charge in [-0.2, -0.15) is 8.78 Å². The van der Waals surface area contributed by atoms with Crippen molar-refractivity contribution in [2.45, 2.75) is 13.2 Å². The third-order valence-corrected chi connectivity index (χ3v) is 3.43. The van der Waals surface area contributed by atoms with E-state index in [0.717, 1.165) is 0 Å². The van der Waals surface area contributed by atoms with Crippen molar-refractivity contribution < 1.29 is 13.5 Å². The Balaban J connectivity index is 2.13. The molecular weight excluding hydrogens is 307 g/mol. The number of rotatable bonds is 5. The second-order valence-electron chi connectivity index (χ2n) is 3.94. The molecule has 0 atom stereocenters. The number of halogens is 4. The van der Waals surface area contributed by atoms with Crippen molar-refractivity contribution in [3.8, 4) is 5.75 Å². The zero-order chi connectivity index (χ0) is 14.5. The maximum Gasteiger partial charge on any atom is 0.387 e. The highest BCUT2D eigenvalue weighted by molar-refractivity contribution is 6.43. The van der Waals surface area contributed by atoms with Gasteiger partial charge in [-0.25, -0.2) is 0 Å². The number of anilines is 1. The van der Waals surface area contributed by atoms with Gasteiger partial charge in [-0.05, 0) is 18.2 Å². The molecular formula is C14H11Cl2F2NO. The van der Waals surface area contributed by atoms with Crippen molar-refractivity contribution in [2.24, 2.45) is 0 Å². The lowest BCUT2D eigenvalue weighted by Gasteiger charge is -2.13. The smallest absolute Gasteiger partial charge is 0.387 e. The molecule has 0 bridgehead atoms. The van der Waals surface area contributed by atoms with Crippen LogP contribution in [0.15, 0.2) is 42.5 Å². The molecule has 2 rings (SSSR count). The van der Waals surface area contributed by atoms with Crippen LogP contribution in [0.4, 0.5) is 14.5 Å². The third-order valence-electron chi connectivity index (χ3n) is 2.61. The number of benzene rings is 2. The summed E-state index contributed by atoms with van der Waals surface area (Å²) in [5.41, 5.74) is 1.23. The van der Waals surface area contributed by atoms with Gasteiger partial charge in [0.25, 0.3) is 0 Å². The van der Waals surface area contributed by atoms with Crippen molar-refractivity contribution in [1.29, 1.82) is 0 Å². The summed E-state index contributed by atoms with van der Waals surface area (Å²) in [6.45, 7) is -2.56. The highest BCUT2D eigenvalue weighted by Crippen LogP contribution is 2.30. The maximum atomic E-state index is 12.3. The predicted molar refractivity (Wildman–Crippen MR) is 76.9 cm³/mol. The van der Waals surface area contributed by atoms with Gasteiger partial charge >= 0.3 is 6.61 Å². The van der Waals surface area contributed by atoms with Gasteiger partial charge in [0.1, 0.15) is 5.75 Å². The molecule has 0 aliphatic rings. The van der Waals surface area contributed by atoms with Crippen LogP contribution in [0.2, 0.25) is 10.0 Å².